The van der Waals surface area contributed by atoms with E-state index < -0.39 is 27.0 Å². The van der Waals surface area contributed by atoms with E-state index in [9.17, 15) is 21.6 Å². The maximum absolute atomic E-state index is 12.7. The molecule has 0 aliphatic rings. The molecule has 0 radical (unpaired) electrons. The summed E-state index contributed by atoms with van der Waals surface area (Å²) in [4.78, 5) is -0.612. The number of thioether (sulfide) groups is 1. The number of alkyl halides is 3. The highest BCUT2D eigenvalue weighted by Gasteiger charge is 2.34. The Morgan fingerprint density at radius 2 is 1.68 bits per heavy atom. The Balaban J connectivity index is 1.77. The molecule has 182 valence electrons. The number of nitrogens with two attached hydrogens (primary N) is 1. The van der Waals surface area contributed by atoms with Crippen molar-refractivity contribution >= 4 is 50.7 Å². The zero-order chi connectivity index (χ0) is 24.9. The zero-order valence-electron chi connectivity index (χ0n) is 17.4. The smallest absolute Gasteiger partial charge is 0.404 e. The normalized spacial score (nSPS) is 13.0. The molecular formula is C22H19Cl2F3N2O3S2. The average Bonchev–Trinajstić information content (AvgIpc) is 2.76. The second kappa shape index (κ2) is 11.1. The quantitative estimate of drug-likeness (QED) is 0.242. The molecular weight excluding hydrogens is 532 g/mol. The standard InChI is InChI=1S/C22H19Cl2F3N2O3S2/c23-14-9-10-18(28)16(13-14)21(15-5-1-2-6-17(15)24)33-12-11-29-34(30,31)20-8-4-3-7-19(20)32-22(25,26)27/h1-10,13,21,29H,11-12,28H2. The summed E-state index contributed by atoms with van der Waals surface area (Å²) in [5.74, 6) is -0.556. The number of rotatable bonds is 9. The molecule has 0 aliphatic carbocycles. The monoisotopic (exact) mass is 550 g/mol. The number of hydrogen-bond donors (Lipinski definition) is 2. The van der Waals surface area contributed by atoms with Gasteiger partial charge in [0.1, 0.15) is 10.6 Å². The van der Waals surface area contributed by atoms with Crippen LogP contribution in [0.2, 0.25) is 10.0 Å². The van der Waals surface area contributed by atoms with Crippen molar-refractivity contribution in [1.82, 2.24) is 4.72 Å². The maximum Gasteiger partial charge on any atom is 0.573 e. The fourth-order valence-corrected chi connectivity index (χ4v) is 6.12. The number of para-hydroxylation sites is 1. The fourth-order valence-electron chi connectivity index (χ4n) is 3.12. The Morgan fingerprint density at radius 3 is 2.38 bits per heavy atom. The minimum atomic E-state index is -5.03. The summed E-state index contributed by atoms with van der Waals surface area (Å²) in [6, 6.07) is 16.7. The van der Waals surface area contributed by atoms with Crippen molar-refractivity contribution < 1.29 is 26.3 Å². The molecule has 0 saturated heterocycles. The van der Waals surface area contributed by atoms with Crippen molar-refractivity contribution in [3.8, 4) is 5.75 Å². The van der Waals surface area contributed by atoms with Gasteiger partial charge in [0.25, 0.3) is 0 Å². The van der Waals surface area contributed by atoms with Gasteiger partial charge in [-0.1, -0.05) is 53.5 Å². The predicted octanol–water partition coefficient (Wildman–Crippen LogP) is 6.28. The molecule has 0 aliphatic heterocycles. The van der Waals surface area contributed by atoms with Crippen LogP contribution in [0, 0.1) is 0 Å². The van der Waals surface area contributed by atoms with Gasteiger partial charge >= 0.3 is 6.36 Å². The van der Waals surface area contributed by atoms with Crippen LogP contribution in [0.25, 0.3) is 0 Å². The number of benzene rings is 3. The lowest BCUT2D eigenvalue weighted by Crippen LogP contribution is -2.28. The summed E-state index contributed by atoms with van der Waals surface area (Å²) in [5, 5.41) is 0.611. The number of ether oxygens (including phenoxy) is 1. The van der Waals surface area contributed by atoms with Crippen LogP contribution < -0.4 is 15.2 Å². The first kappa shape index (κ1) is 26.5. The first-order valence-corrected chi connectivity index (χ1v) is 13.0. The topological polar surface area (TPSA) is 81.4 Å². The van der Waals surface area contributed by atoms with Gasteiger partial charge in [0.15, 0.2) is 0 Å². The van der Waals surface area contributed by atoms with E-state index in [1.165, 1.54) is 23.9 Å². The molecule has 0 spiro atoms. The Labute approximate surface area is 209 Å². The number of halogens is 5. The molecule has 0 heterocycles. The molecule has 3 aromatic carbocycles. The van der Waals surface area contributed by atoms with E-state index in [1.54, 1.807) is 30.3 Å². The lowest BCUT2D eigenvalue weighted by Gasteiger charge is -2.21. The summed E-state index contributed by atoms with van der Waals surface area (Å²) < 4.78 is 69.4. The molecule has 34 heavy (non-hydrogen) atoms. The van der Waals surface area contributed by atoms with Crippen molar-refractivity contribution in [1.29, 1.82) is 0 Å². The van der Waals surface area contributed by atoms with Crippen LogP contribution in [0.1, 0.15) is 16.4 Å². The van der Waals surface area contributed by atoms with Crippen molar-refractivity contribution in [2.45, 2.75) is 16.5 Å². The summed E-state index contributed by atoms with van der Waals surface area (Å²) >= 11 is 13.9. The van der Waals surface area contributed by atoms with Gasteiger partial charge < -0.3 is 10.5 Å². The van der Waals surface area contributed by atoms with Gasteiger partial charge in [0.2, 0.25) is 10.0 Å². The van der Waals surface area contributed by atoms with Crippen LogP contribution >= 0.6 is 35.0 Å². The van der Waals surface area contributed by atoms with E-state index in [1.807, 2.05) is 12.1 Å². The van der Waals surface area contributed by atoms with Crippen molar-refractivity contribution in [3.05, 3.63) is 87.9 Å². The number of nitrogens with one attached hydrogen (secondary N) is 1. The third kappa shape index (κ3) is 6.96. The minimum absolute atomic E-state index is 0.0746. The van der Waals surface area contributed by atoms with Crippen LogP contribution in [0.15, 0.2) is 71.6 Å². The molecule has 0 fully saturated rings. The Kier molecular flexibility index (Phi) is 8.64. The van der Waals surface area contributed by atoms with Crippen LogP contribution in [0.4, 0.5) is 18.9 Å². The van der Waals surface area contributed by atoms with Gasteiger partial charge in [-0.2, -0.15) is 0 Å². The van der Waals surface area contributed by atoms with Crippen molar-refractivity contribution in [2.75, 3.05) is 18.0 Å². The molecule has 3 N–H and O–H groups in total. The Morgan fingerprint density at radius 1 is 1.00 bits per heavy atom. The fraction of sp³-hybridized carbons (Fsp3) is 0.182. The zero-order valence-corrected chi connectivity index (χ0v) is 20.5. The molecule has 0 amide bonds. The number of sulfonamides is 1. The summed E-state index contributed by atoms with van der Waals surface area (Å²) in [6.07, 6.45) is -5.03. The number of anilines is 1. The molecule has 0 bridgehead atoms. The Bertz CT molecular complexity index is 1260. The predicted molar refractivity (Wildman–Crippen MR) is 130 cm³/mol. The molecule has 1 atom stereocenters. The third-order valence-electron chi connectivity index (χ3n) is 4.56. The van der Waals surface area contributed by atoms with Gasteiger partial charge in [-0.25, -0.2) is 13.1 Å². The third-order valence-corrected chi connectivity index (χ3v) is 7.92. The molecule has 3 rings (SSSR count). The molecule has 12 heteroatoms. The summed E-state index contributed by atoms with van der Waals surface area (Å²) in [6.45, 7) is -0.0746. The summed E-state index contributed by atoms with van der Waals surface area (Å²) in [7, 11) is -4.27. The molecule has 3 aromatic rings. The van der Waals surface area contributed by atoms with Crippen LogP contribution in [-0.4, -0.2) is 27.1 Å². The second-order valence-corrected chi connectivity index (χ2v) is 10.7. The van der Waals surface area contributed by atoms with Gasteiger partial charge in [-0.05, 0) is 47.5 Å². The lowest BCUT2D eigenvalue weighted by atomic mass is 10.0. The Hall–Kier alpha value is -2.11. The van der Waals surface area contributed by atoms with Crippen LogP contribution in [0.3, 0.4) is 0 Å². The first-order valence-electron chi connectivity index (χ1n) is 9.73. The SMILES string of the molecule is Nc1ccc(Cl)cc1C(SCCNS(=O)(=O)c1ccccc1OC(F)(F)F)c1ccccc1Cl. The highest BCUT2D eigenvalue weighted by molar-refractivity contribution is 7.99. The number of hydrogen-bond acceptors (Lipinski definition) is 5. The number of nitrogen functional groups attached to an aromatic ring is 1. The van der Waals surface area contributed by atoms with Gasteiger partial charge in [0, 0.05) is 28.0 Å². The van der Waals surface area contributed by atoms with E-state index in [4.69, 9.17) is 28.9 Å². The van der Waals surface area contributed by atoms with Crippen molar-refractivity contribution in [3.63, 3.8) is 0 Å². The van der Waals surface area contributed by atoms with Gasteiger partial charge in [-0.15, -0.1) is 24.9 Å². The largest absolute Gasteiger partial charge is 0.573 e. The van der Waals surface area contributed by atoms with Crippen LogP contribution in [0.5, 0.6) is 5.75 Å². The molecule has 1 unspecified atom stereocenters. The molecule has 0 aromatic heterocycles. The van der Waals surface area contributed by atoms with E-state index in [2.05, 4.69) is 9.46 Å². The maximum atomic E-state index is 12.7. The van der Waals surface area contributed by atoms with Gasteiger partial charge in [0.05, 0.1) is 5.25 Å². The summed E-state index contributed by atoms with van der Waals surface area (Å²) in [5.41, 5.74) is 8.11. The second-order valence-electron chi connectivity index (χ2n) is 6.94. The molecule has 5 nitrogen and oxygen atoms in total. The van der Waals surface area contributed by atoms with E-state index in [0.717, 1.165) is 17.7 Å². The molecule has 0 saturated carbocycles. The minimum Gasteiger partial charge on any atom is -0.404 e. The highest BCUT2D eigenvalue weighted by atomic mass is 35.5. The van der Waals surface area contributed by atoms with E-state index in [-0.39, 0.29) is 17.5 Å². The van der Waals surface area contributed by atoms with E-state index in [0.29, 0.717) is 21.3 Å². The first-order chi connectivity index (χ1) is 16.0. The highest BCUT2D eigenvalue weighted by Crippen LogP contribution is 2.42. The average molecular weight is 551 g/mol. The van der Waals surface area contributed by atoms with Crippen molar-refractivity contribution in [2.24, 2.45) is 0 Å². The van der Waals surface area contributed by atoms with Crippen LogP contribution in [-0.2, 0) is 10.0 Å². The van der Waals surface area contributed by atoms with Gasteiger partial charge in [-0.3, -0.25) is 0 Å². The van der Waals surface area contributed by atoms with E-state index >= 15 is 0 Å². The lowest BCUT2D eigenvalue weighted by molar-refractivity contribution is -0.275.